The molecule has 0 radical (unpaired) electrons. The lowest BCUT2D eigenvalue weighted by atomic mass is 10.1. The van der Waals surface area contributed by atoms with E-state index in [2.05, 4.69) is 5.32 Å². The summed E-state index contributed by atoms with van der Waals surface area (Å²) in [5, 5.41) is 13.4. The van der Waals surface area contributed by atoms with Crippen LogP contribution in [-0.2, 0) is 11.2 Å². The maximum absolute atomic E-state index is 11.4. The molecule has 1 aromatic rings. The summed E-state index contributed by atoms with van der Waals surface area (Å²) in [5.41, 5.74) is 5.29. The topological polar surface area (TPSA) is 98.3 Å². The van der Waals surface area contributed by atoms with E-state index < -0.39 is 4.92 Å². The molecular weight excluding hydrogens is 246 g/mol. The second-order valence-corrected chi connectivity index (χ2v) is 3.73. The first-order valence-corrected chi connectivity index (χ1v) is 5.32. The van der Waals surface area contributed by atoms with Crippen molar-refractivity contribution < 1.29 is 9.72 Å². The van der Waals surface area contributed by atoms with Crippen molar-refractivity contribution in [1.82, 2.24) is 5.32 Å². The van der Waals surface area contributed by atoms with Crippen LogP contribution in [0.4, 0.5) is 5.69 Å². The van der Waals surface area contributed by atoms with E-state index in [1.165, 1.54) is 12.1 Å². The van der Waals surface area contributed by atoms with Crippen LogP contribution in [0.1, 0.15) is 5.56 Å². The number of nitro groups is 1. The average molecular weight is 258 g/mol. The Balaban J connectivity index is 2.87. The van der Waals surface area contributed by atoms with Crippen LogP contribution < -0.4 is 11.1 Å². The first-order valence-electron chi connectivity index (χ1n) is 4.94. The van der Waals surface area contributed by atoms with E-state index >= 15 is 0 Å². The molecule has 0 aliphatic carbocycles. The van der Waals surface area contributed by atoms with Gasteiger partial charge in [-0.1, -0.05) is 23.7 Å². The van der Waals surface area contributed by atoms with Gasteiger partial charge in [0.1, 0.15) is 5.02 Å². The molecule has 0 fully saturated rings. The van der Waals surface area contributed by atoms with Gasteiger partial charge >= 0.3 is 0 Å². The predicted molar refractivity (Wildman–Crippen MR) is 63.9 cm³/mol. The van der Waals surface area contributed by atoms with Gasteiger partial charge in [0.2, 0.25) is 5.91 Å². The van der Waals surface area contributed by atoms with Crippen molar-refractivity contribution in [3.05, 3.63) is 38.9 Å². The van der Waals surface area contributed by atoms with Crippen LogP contribution in [0.5, 0.6) is 0 Å². The van der Waals surface area contributed by atoms with Crippen LogP contribution in [0.25, 0.3) is 0 Å². The van der Waals surface area contributed by atoms with Crippen molar-refractivity contribution in [2.75, 3.05) is 13.1 Å². The third-order valence-electron chi connectivity index (χ3n) is 2.07. The van der Waals surface area contributed by atoms with Crippen LogP contribution in [0, 0.1) is 10.1 Å². The lowest BCUT2D eigenvalue weighted by Crippen LogP contribution is -2.30. The van der Waals surface area contributed by atoms with Gasteiger partial charge in [-0.3, -0.25) is 14.9 Å². The summed E-state index contributed by atoms with van der Waals surface area (Å²) in [4.78, 5) is 21.6. The first kappa shape index (κ1) is 13.4. The Morgan fingerprint density at radius 2 is 2.24 bits per heavy atom. The molecule has 6 nitrogen and oxygen atoms in total. The van der Waals surface area contributed by atoms with Crippen LogP contribution in [0.2, 0.25) is 5.02 Å². The molecule has 0 aliphatic rings. The number of halogens is 1. The minimum atomic E-state index is -0.589. The molecule has 0 aromatic heterocycles. The Kier molecular flexibility index (Phi) is 4.86. The van der Waals surface area contributed by atoms with Crippen molar-refractivity contribution in [2.45, 2.75) is 6.42 Å². The van der Waals surface area contributed by atoms with Crippen molar-refractivity contribution in [1.29, 1.82) is 0 Å². The molecule has 1 amide bonds. The van der Waals surface area contributed by atoms with Gasteiger partial charge in [0, 0.05) is 18.7 Å². The molecule has 0 spiro atoms. The van der Waals surface area contributed by atoms with E-state index in [9.17, 15) is 14.9 Å². The molecule has 0 atom stereocenters. The summed E-state index contributed by atoms with van der Waals surface area (Å²) in [6.45, 7) is 0.663. The molecule has 0 saturated carbocycles. The zero-order valence-electron chi connectivity index (χ0n) is 8.98. The Morgan fingerprint density at radius 1 is 1.53 bits per heavy atom. The number of amides is 1. The summed E-state index contributed by atoms with van der Waals surface area (Å²) in [6.07, 6.45) is -0.0864. The van der Waals surface area contributed by atoms with Crippen molar-refractivity contribution in [2.24, 2.45) is 5.73 Å². The van der Waals surface area contributed by atoms with E-state index in [0.717, 1.165) is 0 Å². The Bertz CT molecular complexity index is 437. The predicted octanol–water partition coefficient (Wildman–Crippen LogP) is 0.866. The number of nitro benzene ring substituents is 1. The minimum Gasteiger partial charge on any atom is -0.355 e. The van der Waals surface area contributed by atoms with Gasteiger partial charge in [0.05, 0.1) is 11.3 Å². The molecule has 0 saturated heterocycles. The number of nitrogens with zero attached hydrogens (tertiary/aromatic N) is 1. The monoisotopic (exact) mass is 257 g/mol. The third-order valence-corrected chi connectivity index (χ3v) is 2.38. The number of hydrogen-bond acceptors (Lipinski definition) is 4. The smallest absolute Gasteiger partial charge is 0.291 e. The fourth-order valence-electron chi connectivity index (χ4n) is 1.35. The van der Waals surface area contributed by atoms with Crippen molar-refractivity contribution in [3.8, 4) is 0 Å². The van der Waals surface area contributed by atoms with E-state index in [4.69, 9.17) is 17.3 Å². The molecule has 92 valence electrons. The largest absolute Gasteiger partial charge is 0.355 e. The number of nitrogens with one attached hydrogen (secondary N) is 1. The lowest BCUT2D eigenvalue weighted by Gasteiger charge is -2.05. The summed E-state index contributed by atoms with van der Waals surface area (Å²) in [7, 11) is 0. The molecule has 7 heteroatoms. The summed E-state index contributed by atoms with van der Waals surface area (Å²) in [5.74, 6) is -0.319. The molecule has 0 bridgehead atoms. The Hall–Kier alpha value is -1.66. The fourth-order valence-corrected chi connectivity index (χ4v) is 1.62. The highest BCUT2D eigenvalue weighted by Gasteiger charge is 2.19. The quantitative estimate of drug-likeness (QED) is 0.604. The number of benzene rings is 1. The molecule has 1 rings (SSSR count). The second kappa shape index (κ2) is 6.17. The minimum absolute atomic E-state index is 0.0270. The van der Waals surface area contributed by atoms with Gasteiger partial charge in [-0.15, -0.1) is 0 Å². The first-order chi connectivity index (χ1) is 8.06. The van der Waals surface area contributed by atoms with Crippen molar-refractivity contribution in [3.63, 3.8) is 0 Å². The van der Waals surface area contributed by atoms with Crippen LogP contribution in [-0.4, -0.2) is 23.9 Å². The van der Waals surface area contributed by atoms with E-state index in [0.29, 0.717) is 13.1 Å². The zero-order chi connectivity index (χ0) is 12.8. The Labute approximate surface area is 103 Å². The molecule has 0 heterocycles. The van der Waals surface area contributed by atoms with E-state index in [1.54, 1.807) is 6.07 Å². The van der Waals surface area contributed by atoms with Gasteiger partial charge in [0.25, 0.3) is 5.69 Å². The highest BCUT2D eigenvalue weighted by Crippen LogP contribution is 2.28. The van der Waals surface area contributed by atoms with Gasteiger partial charge in [-0.25, -0.2) is 0 Å². The Morgan fingerprint density at radius 3 is 2.82 bits per heavy atom. The number of nitrogens with two attached hydrogens (primary N) is 1. The number of carbonyl (C=O) groups excluding carboxylic acids is 1. The van der Waals surface area contributed by atoms with Gasteiger partial charge in [0.15, 0.2) is 0 Å². The lowest BCUT2D eigenvalue weighted by molar-refractivity contribution is -0.385. The second-order valence-electron chi connectivity index (χ2n) is 3.32. The molecular formula is C10H12ClN3O3. The number of carbonyl (C=O) groups is 1. The maximum atomic E-state index is 11.4. The summed E-state index contributed by atoms with van der Waals surface area (Å²) in [6, 6.07) is 4.49. The van der Waals surface area contributed by atoms with Crippen LogP contribution in [0.3, 0.4) is 0 Å². The highest BCUT2D eigenvalue weighted by atomic mass is 35.5. The molecule has 17 heavy (non-hydrogen) atoms. The van der Waals surface area contributed by atoms with Crippen LogP contribution in [0.15, 0.2) is 18.2 Å². The maximum Gasteiger partial charge on any atom is 0.291 e. The summed E-state index contributed by atoms with van der Waals surface area (Å²) < 4.78 is 0. The van der Waals surface area contributed by atoms with Crippen molar-refractivity contribution >= 4 is 23.2 Å². The SMILES string of the molecule is NCCNC(=O)Cc1cccc(Cl)c1[N+](=O)[O-]. The molecule has 3 N–H and O–H groups in total. The van der Waals surface area contributed by atoms with Gasteiger partial charge in [-0.05, 0) is 6.07 Å². The fraction of sp³-hybridized carbons (Fsp3) is 0.300. The molecule has 0 unspecified atom stereocenters. The zero-order valence-corrected chi connectivity index (χ0v) is 9.74. The third kappa shape index (κ3) is 3.69. The number of hydrogen-bond donors (Lipinski definition) is 2. The highest BCUT2D eigenvalue weighted by molar-refractivity contribution is 6.32. The van der Waals surface area contributed by atoms with E-state index in [1.807, 2.05) is 0 Å². The molecule has 1 aromatic carbocycles. The molecule has 0 aliphatic heterocycles. The standard InChI is InChI=1S/C10H12ClN3O3/c11-8-3-1-2-7(10(8)14(16)17)6-9(15)13-5-4-12/h1-3H,4-6,12H2,(H,13,15). The van der Waals surface area contributed by atoms with E-state index in [-0.39, 0.29) is 28.6 Å². The van der Waals surface area contributed by atoms with Gasteiger partial charge in [-0.2, -0.15) is 0 Å². The summed E-state index contributed by atoms with van der Waals surface area (Å²) >= 11 is 5.72. The number of para-hydroxylation sites is 1. The van der Waals surface area contributed by atoms with Gasteiger partial charge < -0.3 is 11.1 Å². The number of rotatable bonds is 5. The van der Waals surface area contributed by atoms with Crippen LogP contribution >= 0.6 is 11.6 Å². The average Bonchev–Trinajstić information content (AvgIpc) is 2.25. The normalized spacial score (nSPS) is 10.0.